The Balaban J connectivity index is 1.42. The first kappa shape index (κ1) is 22.6. The first-order chi connectivity index (χ1) is 15.9. The smallest absolute Gasteiger partial charge is 0.312 e. The van der Waals surface area contributed by atoms with Crippen molar-refractivity contribution in [1.82, 2.24) is 0 Å². The highest BCUT2D eigenvalue weighted by atomic mass is 16.5. The highest BCUT2D eigenvalue weighted by molar-refractivity contribution is 6.02. The van der Waals surface area contributed by atoms with Gasteiger partial charge in [-0.05, 0) is 43.5 Å². The van der Waals surface area contributed by atoms with E-state index in [2.05, 4.69) is 0 Å². The summed E-state index contributed by atoms with van der Waals surface area (Å²) >= 11 is 0. The second-order valence-electron chi connectivity index (χ2n) is 8.24. The number of anilines is 2. The molecule has 2 aromatic carbocycles. The largest absolute Gasteiger partial charge is 0.497 e. The van der Waals surface area contributed by atoms with Crippen LogP contribution in [0.25, 0.3) is 0 Å². The number of para-hydroxylation sites is 1. The first-order valence-corrected chi connectivity index (χ1v) is 11.0. The molecule has 1 saturated heterocycles. The summed E-state index contributed by atoms with van der Waals surface area (Å²) in [4.78, 5) is 41.8. The van der Waals surface area contributed by atoms with E-state index in [0.29, 0.717) is 23.7 Å². The van der Waals surface area contributed by atoms with E-state index in [1.54, 1.807) is 37.1 Å². The first-order valence-electron chi connectivity index (χ1n) is 11.0. The molecule has 0 bridgehead atoms. The molecular formula is C25H28N2O6. The normalized spacial score (nSPS) is 18.5. The molecule has 4 rings (SSSR count). The fourth-order valence-corrected chi connectivity index (χ4v) is 4.41. The lowest BCUT2D eigenvalue weighted by Crippen LogP contribution is -2.43. The molecule has 33 heavy (non-hydrogen) atoms. The zero-order chi connectivity index (χ0) is 23.5. The zero-order valence-electron chi connectivity index (χ0n) is 19.1. The number of nitrogens with zero attached hydrogens (tertiary/aromatic N) is 2. The van der Waals surface area contributed by atoms with Crippen molar-refractivity contribution in [3.8, 4) is 11.5 Å². The number of hydrogen-bond acceptors (Lipinski definition) is 6. The van der Waals surface area contributed by atoms with E-state index in [-0.39, 0.29) is 24.8 Å². The molecule has 0 radical (unpaired) electrons. The number of esters is 1. The number of aryl methyl sites for hydroxylation is 1. The van der Waals surface area contributed by atoms with Crippen LogP contribution in [0.5, 0.6) is 11.5 Å². The van der Waals surface area contributed by atoms with Crippen molar-refractivity contribution in [3.63, 3.8) is 0 Å². The Morgan fingerprint density at radius 1 is 1.06 bits per heavy atom. The maximum Gasteiger partial charge on any atom is 0.312 e. The summed E-state index contributed by atoms with van der Waals surface area (Å²) in [7, 11) is 3.06. The fraction of sp³-hybridized carbons (Fsp3) is 0.400. The van der Waals surface area contributed by atoms with Crippen LogP contribution in [0.15, 0.2) is 42.5 Å². The zero-order valence-corrected chi connectivity index (χ0v) is 19.1. The molecule has 0 aliphatic carbocycles. The summed E-state index contributed by atoms with van der Waals surface area (Å²) in [6.07, 6.45) is 0.854. The van der Waals surface area contributed by atoms with E-state index in [0.717, 1.165) is 24.1 Å². The van der Waals surface area contributed by atoms with Crippen LogP contribution in [-0.2, 0) is 25.5 Å². The van der Waals surface area contributed by atoms with Crippen LogP contribution in [0.1, 0.15) is 25.3 Å². The topological polar surface area (TPSA) is 85.4 Å². The molecule has 2 aliphatic rings. The van der Waals surface area contributed by atoms with Crippen LogP contribution in [0.2, 0.25) is 0 Å². The Labute approximate surface area is 193 Å². The average molecular weight is 453 g/mol. The summed E-state index contributed by atoms with van der Waals surface area (Å²) < 4.78 is 16.1. The number of fused-ring (bicyclic) bond motifs is 1. The predicted molar refractivity (Wildman–Crippen MR) is 123 cm³/mol. The molecule has 0 aromatic heterocycles. The third kappa shape index (κ3) is 4.51. The lowest BCUT2D eigenvalue weighted by atomic mass is 10.0. The minimum Gasteiger partial charge on any atom is -0.497 e. The van der Waals surface area contributed by atoms with Crippen LogP contribution < -0.4 is 19.3 Å². The Bertz CT molecular complexity index is 1070. The molecule has 0 unspecified atom stereocenters. The maximum absolute atomic E-state index is 13.0. The van der Waals surface area contributed by atoms with Gasteiger partial charge in [-0.3, -0.25) is 14.4 Å². The maximum atomic E-state index is 13.0. The molecule has 2 aliphatic heterocycles. The number of amides is 2. The van der Waals surface area contributed by atoms with E-state index in [9.17, 15) is 14.4 Å². The van der Waals surface area contributed by atoms with Crippen LogP contribution >= 0.6 is 0 Å². The van der Waals surface area contributed by atoms with Crippen LogP contribution in [0, 0.1) is 5.92 Å². The lowest BCUT2D eigenvalue weighted by molar-refractivity contribution is -0.157. The molecule has 2 aromatic rings. The highest BCUT2D eigenvalue weighted by Gasteiger charge is 2.39. The number of rotatable bonds is 6. The van der Waals surface area contributed by atoms with E-state index in [1.807, 2.05) is 24.3 Å². The van der Waals surface area contributed by atoms with E-state index in [4.69, 9.17) is 14.2 Å². The number of carbonyl (C=O) groups is 3. The summed E-state index contributed by atoms with van der Waals surface area (Å²) in [5, 5.41) is 0. The van der Waals surface area contributed by atoms with Gasteiger partial charge < -0.3 is 24.0 Å². The van der Waals surface area contributed by atoms with Crippen molar-refractivity contribution in [2.75, 3.05) is 37.1 Å². The average Bonchev–Trinajstić information content (AvgIpc) is 3.24. The van der Waals surface area contributed by atoms with Crippen LogP contribution in [0.4, 0.5) is 11.4 Å². The predicted octanol–water partition coefficient (Wildman–Crippen LogP) is 2.97. The summed E-state index contributed by atoms with van der Waals surface area (Å²) in [6.45, 7) is 2.33. The van der Waals surface area contributed by atoms with Crippen molar-refractivity contribution in [1.29, 1.82) is 0 Å². The van der Waals surface area contributed by atoms with Gasteiger partial charge in [0, 0.05) is 31.3 Å². The summed E-state index contributed by atoms with van der Waals surface area (Å²) in [6, 6.07) is 12.9. The molecule has 2 atom stereocenters. The number of carbonyl (C=O) groups excluding carboxylic acids is 3. The molecule has 2 heterocycles. The number of methoxy groups -OCH3 is 2. The monoisotopic (exact) mass is 452 g/mol. The van der Waals surface area contributed by atoms with Gasteiger partial charge in [0.2, 0.25) is 5.91 Å². The second-order valence-corrected chi connectivity index (χ2v) is 8.24. The minimum atomic E-state index is -0.941. The Hall–Kier alpha value is -3.55. The van der Waals surface area contributed by atoms with E-state index < -0.39 is 18.0 Å². The number of ether oxygens (including phenoxy) is 3. The molecule has 2 amide bonds. The lowest BCUT2D eigenvalue weighted by Gasteiger charge is -2.31. The van der Waals surface area contributed by atoms with Gasteiger partial charge in [0.1, 0.15) is 11.5 Å². The Morgan fingerprint density at radius 3 is 2.61 bits per heavy atom. The minimum absolute atomic E-state index is 0.0154. The van der Waals surface area contributed by atoms with Crippen LogP contribution in [-0.4, -0.2) is 51.2 Å². The Kier molecular flexibility index (Phi) is 6.53. The second kappa shape index (κ2) is 9.52. The standard InChI is InChI=1S/C25H28N2O6/c1-16(24(29)26-12-6-8-17-7-4-5-9-20(17)26)33-25(30)18-13-23(28)27(15-18)21-11-10-19(31-2)14-22(21)32-3/h4-5,7,9-11,14,16,18H,6,8,12-13,15H2,1-3H3/t16-,18+/m1/s1. The summed E-state index contributed by atoms with van der Waals surface area (Å²) in [5.41, 5.74) is 2.54. The molecular weight excluding hydrogens is 424 g/mol. The van der Waals surface area contributed by atoms with E-state index in [1.165, 1.54) is 12.0 Å². The van der Waals surface area contributed by atoms with Gasteiger partial charge in [0.05, 0.1) is 25.8 Å². The van der Waals surface area contributed by atoms with Crippen molar-refractivity contribution in [2.24, 2.45) is 5.92 Å². The van der Waals surface area contributed by atoms with Crippen molar-refractivity contribution >= 4 is 29.2 Å². The molecule has 1 fully saturated rings. The highest BCUT2D eigenvalue weighted by Crippen LogP contribution is 2.36. The van der Waals surface area contributed by atoms with Gasteiger partial charge in [0.15, 0.2) is 6.10 Å². The van der Waals surface area contributed by atoms with Gasteiger partial charge >= 0.3 is 5.97 Å². The quantitative estimate of drug-likeness (QED) is 0.627. The van der Waals surface area contributed by atoms with Gasteiger partial charge in [0.25, 0.3) is 5.91 Å². The third-order valence-electron chi connectivity index (χ3n) is 6.15. The van der Waals surface area contributed by atoms with Gasteiger partial charge in [-0.2, -0.15) is 0 Å². The van der Waals surface area contributed by atoms with Crippen molar-refractivity contribution < 1.29 is 28.6 Å². The molecule has 0 saturated carbocycles. The summed E-state index contributed by atoms with van der Waals surface area (Å²) in [5.74, 6) is -0.593. The number of hydrogen-bond donors (Lipinski definition) is 0. The molecule has 0 spiro atoms. The van der Waals surface area contributed by atoms with E-state index >= 15 is 0 Å². The van der Waals surface area contributed by atoms with Crippen molar-refractivity contribution in [2.45, 2.75) is 32.3 Å². The van der Waals surface area contributed by atoms with Gasteiger partial charge in [-0.1, -0.05) is 18.2 Å². The fourth-order valence-electron chi connectivity index (χ4n) is 4.41. The third-order valence-corrected chi connectivity index (χ3v) is 6.15. The molecule has 0 N–H and O–H groups in total. The van der Waals surface area contributed by atoms with Gasteiger partial charge in [-0.25, -0.2) is 0 Å². The van der Waals surface area contributed by atoms with Crippen LogP contribution in [0.3, 0.4) is 0 Å². The molecule has 8 nitrogen and oxygen atoms in total. The molecule has 8 heteroatoms. The number of benzene rings is 2. The molecule has 174 valence electrons. The SMILES string of the molecule is COc1ccc(N2C[C@@H](C(=O)O[C@H](C)C(=O)N3CCCc4ccccc43)CC2=O)c(OC)c1. The van der Waals surface area contributed by atoms with Gasteiger partial charge in [-0.15, -0.1) is 0 Å². The van der Waals surface area contributed by atoms with Crippen molar-refractivity contribution in [3.05, 3.63) is 48.0 Å². The Morgan fingerprint density at radius 2 is 1.85 bits per heavy atom.